The molecule has 3 aliphatic rings. The summed E-state index contributed by atoms with van der Waals surface area (Å²) >= 11 is 0. The van der Waals surface area contributed by atoms with Crippen molar-refractivity contribution in [1.82, 2.24) is 4.98 Å². The average molecular weight is 556 g/mol. The molecule has 4 aromatic rings. The van der Waals surface area contributed by atoms with E-state index in [0.717, 1.165) is 23.1 Å². The third-order valence-electron chi connectivity index (χ3n) is 8.63. The number of pyridine rings is 1. The smallest absolute Gasteiger partial charge is 0.135 e. The summed E-state index contributed by atoms with van der Waals surface area (Å²) in [4.78, 5) is 4.67. The van der Waals surface area contributed by atoms with E-state index in [1.54, 1.807) is 0 Å². The molecule has 4 heteroatoms. The van der Waals surface area contributed by atoms with Crippen molar-refractivity contribution in [1.29, 1.82) is 0 Å². The number of benzene rings is 3. The van der Waals surface area contributed by atoms with Gasteiger partial charge in [-0.1, -0.05) is 84.9 Å². The van der Waals surface area contributed by atoms with E-state index in [1.165, 1.54) is 41.5 Å². The lowest BCUT2D eigenvalue weighted by atomic mass is 9.71. The molecule has 0 amide bonds. The molecule has 3 fully saturated rings. The molecule has 0 spiro atoms. The number of para-hydroxylation sites is 1. The fraction of sp³-hybridized carbons (Fsp3) is 0.303. The molecule has 3 nitrogen and oxygen atoms in total. The Balaban J connectivity index is 0.00000280. The Labute approximate surface area is 231 Å². The van der Waals surface area contributed by atoms with Crippen molar-refractivity contribution in [2.24, 2.45) is 11.8 Å². The van der Waals surface area contributed by atoms with Gasteiger partial charge in [-0.15, -0.1) is 6.58 Å². The second-order valence-corrected chi connectivity index (χ2v) is 10.7. The summed E-state index contributed by atoms with van der Waals surface area (Å²) in [6.45, 7) is 8.22. The minimum atomic E-state index is -0.00427. The van der Waals surface area contributed by atoms with Gasteiger partial charge in [0.25, 0.3) is 0 Å². The number of quaternary nitrogens is 1. The number of ether oxygens (including phenoxy) is 1. The van der Waals surface area contributed by atoms with E-state index in [-0.39, 0.29) is 23.1 Å². The lowest BCUT2D eigenvalue weighted by molar-refractivity contribution is -0.985. The summed E-state index contributed by atoms with van der Waals surface area (Å²) in [5.74, 6) is 1.25. The first-order valence-corrected chi connectivity index (χ1v) is 13.3. The summed E-state index contributed by atoms with van der Waals surface area (Å²) in [5.41, 5.74) is 4.94. The van der Waals surface area contributed by atoms with Crippen LogP contribution in [0.15, 0.2) is 110 Å². The molecule has 1 aromatic heterocycles. The van der Waals surface area contributed by atoms with Crippen LogP contribution in [0.1, 0.15) is 35.6 Å². The summed E-state index contributed by atoms with van der Waals surface area (Å²) in [6.07, 6.45) is 6.61. The van der Waals surface area contributed by atoms with E-state index in [2.05, 4.69) is 109 Å². The van der Waals surface area contributed by atoms with Gasteiger partial charge >= 0.3 is 0 Å². The van der Waals surface area contributed by atoms with Gasteiger partial charge in [-0.25, -0.2) is 0 Å². The van der Waals surface area contributed by atoms with Crippen LogP contribution >= 0.6 is 0 Å². The molecule has 0 N–H and O–H groups in total. The van der Waals surface area contributed by atoms with Crippen LogP contribution in [0, 0.1) is 11.8 Å². The molecular weight excluding hydrogens is 520 g/mol. The predicted octanol–water partition coefficient (Wildman–Crippen LogP) is 4.11. The Morgan fingerprint density at radius 2 is 1.62 bits per heavy atom. The minimum absolute atomic E-state index is 0. The first kappa shape index (κ1) is 25.8. The summed E-state index contributed by atoms with van der Waals surface area (Å²) in [5, 5.41) is 1.21. The number of rotatable bonds is 8. The number of halogens is 1. The Bertz CT molecular complexity index is 1320. The van der Waals surface area contributed by atoms with Crippen molar-refractivity contribution in [3.63, 3.8) is 0 Å². The van der Waals surface area contributed by atoms with Crippen LogP contribution in [0.3, 0.4) is 0 Å². The molecule has 7 rings (SSSR count). The minimum Gasteiger partial charge on any atom is -1.00 e. The van der Waals surface area contributed by atoms with Crippen molar-refractivity contribution in [2.75, 3.05) is 13.1 Å². The largest absolute Gasteiger partial charge is 1.00 e. The lowest BCUT2D eigenvalue weighted by Gasteiger charge is -2.58. The van der Waals surface area contributed by atoms with Gasteiger partial charge in [0.15, 0.2) is 0 Å². The van der Waals surface area contributed by atoms with E-state index in [0.29, 0.717) is 24.5 Å². The molecular formula is C33H35BrN2O. The zero-order valence-electron chi connectivity index (χ0n) is 21.3. The van der Waals surface area contributed by atoms with Gasteiger partial charge in [0.1, 0.15) is 18.7 Å². The third-order valence-corrected chi connectivity index (χ3v) is 8.63. The van der Waals surface area contributed by atoms with Crippen molar-refractivity contribution in [3.05, 3.63) is 127 Å². The second-order valence-electron chi connectivity index (χ2n) is 10.7. The maximum atomic E-state index is 6.98. The first-order chi connectivity index (χ1) is 17.8. The molecule has 0 unspecified atom stereocenters. The quantitative estimate of drug-likeness (QED) is 0.241. The zero-order chi connectivity index (χ0) is 24.4. The molecule has 190 valence electrons. The molecule has 3 saturated heterocycles. The molecule has 2 bridgehead atoms. The van der Waals surface area contributed by atoms with Crippen LogP contribution in [-0.2, 0) is 17.9 Å². The predicted molar refractivity (Wildman–Crippen MR) is 146 cm³/mol. The van der Waals surface area contributed by atoms with Gasteiger partial charge in [-0.3, -0.25) is 4.98 Å². The number of fused-ring (bicyclic) bond motifs is 4. The maximum Gasteiger partial charge on any atom is 0.135 e. The highest BCUT2D eigenvalue weighted by Gasteiger charge is 2.54. The van der Waals surface area contributed by atoms with E-state index in [1.807, 2.05) is 6.20 Å². The summed E-state index contributed by atoms with van der Waals surface area (Å²) in [7, 11) is 0. The number of aromatic nitrogens is 1. The third kappa shape index (κ3) is 5.16. The number of piperidine rings is 3. The Hall–Kier alpha value is -2.79. The van der Waals surface area contributed by atoms with Gasteiger partial charge in [0, 0.05) is 35.9 Å². The van der Waals surface area contributed by atoms with Gasteiger partial charge in [0.05, 0.1) is 25.2 Å². The highest BCUT2D eigenvalue weighted by atomic mass is 79.9. The Morgan fingerprint density at radius 1 is 0.919 bits per heavy atom. The molecule has 0 aliphatic carbocycles. The van der Waals surface area contributed by atoms with E-state index in [9.17, 15) is 0 Å². The molecule has 37 heavy (non-hydrogen) atoms. The highest BCUT2D eigenvalue weighted by Crippen LogP contribution is 2.49. The van der Waals surface area contributed by atoms with Crippen LogP contribution in [0.4, 0.5) is 0 Å². The summed E-state index contributed by atoms with van der Waals surface area (Å²) < 4.78 is 8.04. The SMILES string of the molecule is C=C[C@H]1C[N@+]2(Cc3ccccc3)CC[C@H]1C[C@@H]2[C@@H](OCc1ccccc1)c1ccnc2ccccc12.[Br-]. The monoisotopic (exact) mass is 554 g/mol. The standard InChI is InChI=1S/C33H35N2O.BrH/c1-2-27-23-35(22-25-11-5-3-6-12-25)20-18-28(27)21-32(35)33(36-24-26-13-7-4-8-14-26)30-17-19-34-31-16-10-9-15-29(30)31;/h2-17,19,27-28,32-33H,1,18,20-24H2;1H/q+1;/p-1/t27-,28-,32+,33-,35+;/m0./s1. The van der Waals surface area contributed by atoms with Gasteiger partial charge in [-0.05, 0) is 29.2 Å². The van der Waals surface area contributed by atoms with Crippen molar-refractivity contribution >= 4 is 10.9 Å². The average Bonchev–Trinajstić information content (AvgIpc) is 2.94. The van der Waals surface area contributed by atoms with Crippen LogP contribution < -0.4 is 17.0 Å². The number of nitrogens with zero attached hydrogens (tertiary/aromatic N) is 2. The van der Waals surface area contributed by atoms with Crippen LogP contribution in [0.25, 0.3) is 10.9 Å². The topological polar surface area (TPSA) is 22.1 Å². The van der Waals surface area contributed by atoms with Crippen LogP contribution in [0.2, 0.25) is 0 Å². The normalized spacial score (nSPS) is 25.4. The fourth-order valence-corrected chi connectivity index (χ4v) is 6.85. The zero-order valence-corrected chi connectivity index (χ0v) is 22.8. The van der Waals surface area contributed by atoms with Crippen molar-refractivity contribution in [3.8, 4) is 0 Å². The summed E-state index contributed by atoms with van der Waals surface area (Å²) in [6, 6.07) is 32.7. The van der Waals surface area contributed by atoms with E-state index in [4.69, 9.17) is 4.74 Å². The van der Waals surface area contributed by atoms with Crippen LogP contribution in [-0.4, -0.2) is 28.6 Å². The lowest BCUT2D eigenvalue weighted by Crippen LogP contribution is -3.00. The maximum absolute atomic E-state index is 6.98. The second kappa shape index (κ2) is 11.3. The number of hydrogen-bond acceptors (Lipinski definition) is 2. The first-order valence-electron chi connectivity index (χ1n) is 13.3. The molecule has 0 radical (unpaired) electrons. The molecule has 5 atom stereocenters. The van der Waals surface area contributed by atoms with Gasteiger partial charge < -0.3 is 26.2 Å². The van der Waals surface area contributed by atoms with E-state index >= 15 is 0 Å². The van der Waals surface area contributed by atoms with E-state index < -0.39 is 0 Å². The molecule has 4 heterocycles. The number of hydrogen-bond donors (Lipinski definition) is 0. The molecule has 0 saturated carbocycles. The Kier molecular flexibility index (Phi) is 7.89. The van der Waals surface area contributed by atoms with Gasteiger partial charge in [-0.2, -0.15) is 0 Å². The van der Waals surface area contributed by atoms with Crippen molar-refractivity contribution in [2.45, 2.75) is 38.1 Å². The molecule has 3 aromatic carbocycles. The highest BCUT2D eigenvalue weighted by molar-refractivity contribution is 5.82. The van der Waals surface area contributed by atoms with Crippen molar-refractivity contribution < 1.29 is 26.2 Å². The molecule has 3 aliphatic heterocycles. The van der Waals surface area contributed by atoms with Crippen LogP contribution in [0.5, 0.6) is 0 Å². The van der Waals surface area contributed by atoms with Gasteiger partial charge in [0.2, 0.25) is 0 Å². The Morgan fingerprint density at radius 3 is 2.38 bits per heavy atom. The fourth-order valence-electron chi connectivity index (χ4n) is 6.85.